The van der Waals surface area contributed by atoms with Crippen LogP contribution in [0.15, 0.2) is 0 Å². The highest BCUT2D eigenvalue weighted by molar-refractivity contribution is 7.18. The van der Waals surface area contributed by atoms with Gasteiger partial charge in [0, 0.05) is 18.7 Å². The quantitative estimate of drug-likeness (QED) is 0.892. The number of carbonyl (C=O) groups is 1. The average molecular weight is 295 g/mol. The third kappa shape index (κ3) is 2.38. The van der Waals surface area contributed by atoms with Gasteiger partial charge in [-0.3, -0.25) is 4.79 Å². The topological polar surface area (TPSA) is 81.6 Å². The molecule has 0 bridgehead atoms. The molecule has 0 spiro atoms. The van der Waals surface area contributed by atoms with Crippen molar-refractivity contribution in [1.29, 1.82) is 0 Å². The summed E-state index contributed by atoms with van der Waals surface area (Å²) in [7, 11) is 0. The smallest absolute Gasteiger partial charge is 0.260 e. The molecule has 0 unspecified atom stereocenters. The molecule has 0 atom stereocenters. The van der Waals surface area contributed by atoms with Crippen molar-refractivity contribution in [2.45, 2.75) is 38.2 Å². The molecule has 6 heteroatoms. The highest BCUT2D eigenvalue weighted by atomic mass is 32.1. The van der Waals surface area contributed by atoms with Crippen LogP contribution in [0.5, 0.6) is 0 Å². The molecule has 1 aromatic rings. The zero-order valence-corrected chi connectivity index (χ0v) is 12.8. The molecule has 1 saturated carbocycles. The Morgan fingerprint density at radius 3 is 2.70 bits per heavy atom. The summed E-state index contributed by atoms with van der Waals surface area (Å²) in [5.41, 5.74) is 13.2. The van der Waals surface area contributed by atoms with Gasteiger partial charge >= 0.3 is 0 Å². The lowest BCUT2D eigenvalue weighted by Gasteiger charge is -2.39. The molecule has 1 aliphatic heterocycles. The van der Waals surface area contributed by atoms with E-state index in [2.05, 4.69) is 18.7 Å². The van der Waals surface area contributed by atoms with Crippen molar-refractivity contribution in [1.82, 2.24) is 0 Å². The van der Waals surface area contributed by atoms with Crippen LogP contribution in [-0.2, 0) is 4.74 Å². The van der Waals surface area contributed by atoms with Crippen molar-refractivity contribution in [2.75, 3.05) is 30.3 Å². The second-order valence-corrected chi connectivity index (χ2v) is 7.23. The zero-order valence-electron chi connectivity index (χ0n) is 11.9. The number of nitrogens with zero attached hydrogens (tertiary/aromatic N) is 1. The number of hydrogen-bond acceptors (Lipinski definition) is 5. The Kier molecular flexibility index (Phi) is 3.17. The standard InChI is InChI=1S/C14H21N3O2S/c1-14(2)7-17(5-6-19-14)13-9(8-3-4-8)10(15)11(20-13)12(16)18/h8H,3-7,15H2,1-2H3,(H2,16,18). The molecule has 1 amide bonds. The number of morpholine rings is 1. The molecule has 1 aromatic heterocycles. The molecule has 4 N–H and O–H groups in total. The van der Waals surface area contributed by atoms with Crippen molar-refractivity contribution < 1.29 is 9.53 Å². The minimum absolute atomic E-state index is 0.176. The third-order valence-corrected chi connectivity index (χ3v) is 5.18. The van der Waals surface area contributed by atoms with Crippen LogP contribution in [0.1, 0.15) is 47.8 Å². The first kappa shape index (κ1) is 13.7. The summed E-state index contributed by atoms with van der Waals surface area (Å²) >= 11 is 1.44. The molecule has 1 aliphatic carbocycles. The molecule has 0 aromatic carbocycles. The fourth-order valence-corrected chi connectivity index (χ4v) is 4.00. The van der Waals surface area contributed by atoms with Gasteiger partial charge in [-0.2, -0.15) is 0 Å². The van der Waals surface area contributed by atoms with Gasteiger partial charge in [-0.05, 0) is 32.6 Å². The lowest BCUT2D eigenvalue weighted by molar-refractivity contribution is -0.0275. The van der Waals surface area contributed by atoms with Crippen LogP contribution in [0.4, 0.5) is 10.7 Å². The molecular weight excluding hydrogens is 274 g/mol. The number of ether oxygens (including phenoxy) is 1. The number of nitrogens with two attached hydrogens (primary N) is 2. The summed E-state index contributed by atoms with van der Waals surface area (Å²) in [4.78, 5) is 14.4. The molecule has 2 aliphatic rings. The van der Waals surface area contributed by atoms with Gasteiger partial charge < -0.3 is 21.1 Å². The van der Waals surface area contributed by atoms with Gasteiger partial charge in [-0.25, -0.2) is 0 Å². The first-order chi connectivity index (χ1) is 9.39. The molecule has 5 nitrogen and oxygen atoms in total. The van der Waals surface area contributed by atoms with E-state index in [0.717, 1.165) is 36.5 Å². The first-order valence-corrected chi connectivity index (χ1v) is 7.81. The van der Waals surface area contributed by atoms with Crippen molar-refractivity contribution in [2.24, 2.45) is 5.73 Å². The van der Waals surface area contributed by atoms with E-state index in [0.29, 0.717) is 23.1 Å². The molecule has 2 heterocycles. The number of carbonyl (C=O) groups excluding carboxylic acids is 1. The summed E-state index contributed by atoms with van der Waals surface area (Å²) in [6, 6.07) is 0. The molecule has 20 heavy (non-hydrogen) atoms. The van der Waals surface area contributed by atoms with Crippen molar-refractivity contribution >= 4 is 27.9 Å². The van der Waals surface area contributed by atoms with Crippen LogP contribution in [0, 0.1) is 0 Å². The van der Waals surface area contributed by atoms with E-state index in [1.165, 1.54) is 11.3 Å². The van der Waals surface area contributed by atoms with Crippen molar-refractivity contribution in [3.8, 4) is 0 Å². The van der Waals surface area contributed by atoms with Crippen LogP contribution in [0.3, 0.4) is 0 Å². The van der Waals surface area contributed by atoms with Gasteiger partial charge in [0.25, 0.3) is 5.91 Å². The molecule has 2 fully saturated rings. The highest BCUT2D eigenvalue weighted by Gasteiger charge is 2.36. The van der Waals surface area contributed by atoms with E-state index in [9.17, 15) is 4.79 Å². The van der Waals surface area contributed by atoms with Crippen LogP contribution in [-0.4, -0.2) is 31.2 Å². The van der Waals surface area contributed by atoms with Crippen LogP contribution in [0.25, 0.3) is 0 Å². The monoisotopic (exact) mass is 295 g/mol. The van der Waals surface area contributed by atoms with E-state index in [4.69, 9.17) is 16.2 Å². The Bertz CT molecular complexity index is 549. The minimum Gasteiger partial charge on any atom is -0.397 e. The van der Waals surface area contributed by atoms with E-state index in [1.54, 1.807) is 0 Å². The predicted octanol–water partition coefficient (Wildman–Crippen LogP) is 1.92. The Balaban J connectivity index is 1.99. The maximum Gasteiger partial charge on any atom is 0.260 e. The van der Waals surface area contributed by atoms with Crippen molar-refractivity contribution in [3.05, 3.63) is 10.4 Å². The molecule has 1 saturated heterocycles. The van der Waals surface area contributed by atoms with E-state index in [1.807, 2.05) is 0 Å². The number of hydrogen-bond donors (Lipinski definition) is 2. The van der Waals surface area contributed by atoms with Crippen molar-refractivity contribution in [3.63, 3.8) is 0 Å². The second-order valence-electron chi connectivity index (χ2n) is 6.23. The largest absolute Gasteiger partial charge is 0.397 e. The fraction of sp³-hybridized carbons (Fsp3) is 0.643. The maximum absolute atomic E-state index is 11.5. The lowest BCUT2D eigenvalue weighted by atomic mass is 10.1. The molecular formula is C14H21N3O2S. The summed E-state index contributed by atoms with van der Waals surface area (Å²) in [6.07, 6.45) is 2.31. The van der Waals surface area contributed by atoms with Gasteiger partial charge in [-0.1, -0.05) is 0 Å². The summed E-state index contributed by atoms with van der Waals surface area (Å²) in [5.74, 6) is 0.0773. The summed E-state index contributed by atoms with van der Waals surface area (Å²) in [6.45, 7) is 6.51. The van der Waals surface area contributed by atoms with Crippen LogP contribution < -0.4 is 16.4 Å². The van der Waals surface area contributed by atoms with Crippen LogP contribution >= 0.6 is 11.3 Å². The SMILES string of the molecule is CC1(C)CN(c2sc(C(N)=O)c(N)c2C2CC2)CCO1. The Hall–Kier alpha value is -1.27. The Labute approximate surface area is 122 Å². The number of anilines is 2. The Morgan fingerprint density at radius 1 is 1.45 bits per heavy atom. The van der Waals surface area contributed by atoms with Gasteiger partial charge in [-0.15, -0.1) is 11.3 Å². The fourth-order valence-electron chi connectivity index (χ4n) is 2.82. The number of rotatable bonds is 3. The maximum atomic E-state index is 11.5. The normalized spacial score (nSPS) is 22.0. The average Bonchev–Trinajstić information content (AvgIpc) is 3.11. The van der Waals surface area contributed by atoms with E-state index < -0.39 is 5.91 Å². The summed E-state index contributed by atoms with van der Waals surface area (Å²) in [5, 5.41) is 1.12. The number of nitrogen functional groups attached to an aromatic ring is 1. The third-order valence-electron chi connectivity index (χ3n) is 3.89. The number of thiophene rings is 1. The molecule has 110 valence electrons. The molecule has 0 radical (unpaired) electrons. The Morgan fingerprint density at radius 2 is 2.15 bits per heavy atom. The van der Waals surface area contributed by atoms with Gasteiger partial charge in [0.2, 0.25) is 0 Å². The van der Waals surface area contributed by atoms with Crippen LogP contribution in [0.2, 0.25) is 0 Å². The van der Waals surface area contributed by atoms with Gasteiger partial charge in [0.15, 0.2) is 0 Å². The highest BCUT2D eigenvalue weighted by Crippen LogP contribution is 2.52. The van der Waals surface area contributed by atoms with Gasteiger partial charge in [0.1, 0.15) is 4.88 Å². The minimum atomic E-state index is -0.423. The zero-order chi connectivity index (χ0) is 14.5. The number of amides is 1. The second kappa shape index (κ2) is 4.63. The number of primary amides is 1. The first-order valence-electron chi connectivity index (χ1n) is 7.00. The lowest BCUT2D eigenvalue weighted by Crippen LogP contribution is -2.48. The molecule has 3 rings (SSSR count). The predicted molar refractivity (Wildman–Crippen MR) is 81.5 cm³/mol. The summed E-state index contributed by atoms with van der Waals surface area (Å²) < 4.78 is 5.76. The van der Waals surface area contributed by atoms with E-state index >= 15 is 0 Å². The van der Waals surface area contributed by atoms with Gasteiger partial charge in [0.05, 0.1) is 22.9 Å². The van der Waals surface area contributed by atoms with E-state index in [-0.39, 0.29) is 5.60 Å².